The van der Waals surface area contributed by atoms with E-state index in [0.29, 0.717) is 41.7 Å². The lowest BCUT2D eigenvalue weighted by Gasteiger charge is -2.31. The van der Waals surface area contributed by atoms with Gasteiger partial charge >= 0.3 is 6.03 Å². The molecule has 1 aromatic heterocycles. The van der Waals surface area contributed by atoms with Crippen molar-refractivity contribution in [1.29, 1.82) is 0 Å². The number of anilines is 2. The fourth-order valence-corrected chi connectivity index (χ4v) is 3.65. The van der Waals surface area contributed by atoms with Crippen LogP contribution in [0.1, 0.15) is 12.8 Å². The number of thiophene rings is 1. The summed E-state index contributed by atoms with van der Waals surface area (Å²) in [6.45, 7) is 1.08. The summed E-state index contributed by atoms with van der Waals surface area (Å²) in [5.74, 6) is -0.247. The average Bonchev–Trinajstić information content (AvgIpc) is 3.11. The van der Waals surface area contributed by atoms with Crippen molar-refractivity contribution in [2.75, 3.05) is 23.7 Å². The molecule has 8 heteroatoms. The highest BCUT2D eigenvalue weighted by Crippen LogP contribution is 2.27. The van der Waals surface area contributed by atoms with Gasteiger partial charge in [-0.3, -0.25) is 10.1 Å². The molecule has 1 saturated heterocycles. The minimum atomic E-state index is -0.152. The second-order valence-electron chi connectivity index (χ2n) is 5.78. The van der Waals surface area contributed by atoms with Gasteiger partial charge in [0.25, 0.3) is 0 Å². The van der Waals surface area contributed by atoms with Crippen molar-refractivity contribution in [3.63, 3.8) is 0 Å². The first-order valence-electron chi connectivity index (χ1n) is 7.88. The number of likely N-dealkylation sites (tertiary alicyclic amines) is 1. The summed E-state index contributed by atoms with van der Waals surface area (Å²) in [4.78, 5) is 26.4. The SMILES string of the molecule is O=C(Nc1cc(Cl)ccc1Cl)C1CCN(C(=O)Nc2cccs2)CC1. The number of nitrogens with zero attached hydrogens (tertiary/aromatic N) is 1. The van der Waals surface area contributed by atoms with Gasteiger partial charge in [-0.05, 0) is 48.6 Å². The smallest absolute Gasteiger partial charge is 0.322 e. The highest BCUT2D eigenvalue weighted by Gasteiger charge is 2.27. The van der Waals surface area contributed by atoms with Gasteiger partial charge in [-0.25, -0.2) is 4.79 Å². The van der Waals surface area contributed by atoms with Gasteiger partial charge in [0.1, 0.15) is 0 Å². The maximum Gasteiger partial charge on any atom is 0.322 e. The molecule has 0 unspecified atom stereocenters. The lowest BCUT2D eigenvalue weighted by atomic mass is 9.96. The zero-order chi connectivity index (χ0) is 17.8. The molecule has 2 aromatic rings. The van der Waals surface area contributed by atoms with Crippen LogP contribution in [0.3, 0.4) is 0 Å². The van der Waals surface area contributed by atoms with Crippen molar-refractivity contribution in [2.24, 2.45) is 5.92 Å². The molecule has 132 valence electrons. The van der Waals surface area contributed by atoms with Crippen LogP contribution in [0.4, 0.5) is 15.5 Å². The zero-order valence-corrected chi connectivity index (χ0v) is 15.6. The Kier molecular flexibility index (Phi) is 5.83. The molecule has 2 heterocycles. The summed E-state index contributed by atoms with van der Waals surface area (Å²) in [6.07, 6.45) is 1.23. The fraction of sp³-hybridized carbons (Fsp3) is 0.294. The van der Waals surface area contributed by atoms with E-state index in [1.54, 1.807) is 23.1 Å². The molecular formula is C17H17Cl2N3O2S. The Hall–Kier alpha value is -1.76. The number of hydrogen-bond acceptors (Lipinski definition) is 3. The second kappa shape index (κ2) is 8.08. The number of urea groups is 1. The average molecular weight is 398 g/mol. The number of amides is 3. The van der Waals surface area contributed by atoms with Crippen molar-refractivity contribution in [1.82, 2.24) is 4.90 Å². The predicted molar refractivity (Wildman–Crippen MR) is 103 cm³/mol. The maximum absolute atomic E-state index is 12.4. The van der Waals surface area contributed by atoms with E-state index in [1.165, 1.54) is 11.3 Å². The normalized spacial score (nSPS) is 15.0. The van der Waals surface area contributed by atoms with Gasteiger partial charge in [0.2, 0.25) is 5.91 Å². The summed E-state index contributed by atoms with van der Waals surface area (Å²) >= 11 is 13.5. The van der Waals surface area contributed by atoms with Gasteiger partial charge in [0, 0.05) is 24.0 Å². The minimum absolute atomic E-state index is 0.0949. The number of piperidine rings is 1. The van der Waals surface area contributed by atoms with Crippen LogP contribution in [0.2, 0.25) is 10.0 Å². The van der Waals surface area contributed by atoms with Crippen LogP contribution >= 0.6 is 34.5 Å². The molecule has 0 saturated carbocycles. The van der Waals surface area contributed by atoms with Gasteiger partial charge in [-0.2, -0.15) is 0 Å². The van der Waals surface area contributed by atoms with E-state index in [-0.39, 0.29) is 17.9 Å². The first kappa shape index (κ1) is 18.0. The Balaban J connectivity index is 1.52. The highest BCUT2D eigenvalue weighted by atomic mass is 35.5. The third-order valence-electron chi connectivity index (χ3n) is 4.09. The molecule has 1 aliphatic heterocycles. The van der Waals surface area contributed by atoms with Crippen molar-refractivity contribution in [2.45, 2.75) is 12.8 Å². The van der Waals surface area contributed by atoms with E-state index in [9.17, 15) is 9.59 Å². The largest absolute Gasteiger partial charge is 0.324 e. The van der Waals surface area contributed by atoms with Crippen LogP contribution in [0, 0.1) is 5.92 Å². The number of hydrogen-bond donors (Lipinski definition) is 2. The van der Waals surface area contributed by atoms with Gasteiger partial charge < -0.3 is 10.2 Å². The number of carbonyl (C=O) groups excluding carboxylic acids is 2. The standard InChI is InChI=1S/C17H17Cl2N3O2S/c18-12-3-4-13(19)14(10-12)20-16(23)11-5-7-22(8-6-11)17(24)21-15-2-1-9-25-15/h1-4,9-11H,5-8H2,(H,20,23)(H,21,24). The third kappa shape index (κ3) is 4.66. The van der Waals surface area contributed by atoms with Crippen LogP contribution in [0.5, 0.6) is 0 Å². The summed E-state index contributed by atoms with van der Waals surface area (Å²) in [7, 11) is 0. The molecule has 1 aliphatic rings. The second-order valence-corrected chi connectivity index (χ2v) is 7.57. The Morgan fingerprint density at radius 3 is 2.56 bits per heavy atom. The molecule has 0 radical (unpaired) electrons. The first-order chi connectivity index (χ1) is 12.0. The predicted octanol–water partition coefficient (Wildman–Crippen LogP) is 4.94. The minimum Gasteiger partial charge on any atom is -0.324 e. The van der Waals surface area contributed by atoms with E-state index >= 15 is 0 Å². The van der Waals surface area contributed by atoms with E-state index in [4.69, 9.17) is 23.2 Å². The molecule has 5 nitrogen and oxygen atoms in total. The third-order valence-corrected chi connectivity index (χ3v) is 5.44. The van der Waals surface area contributed by atoms with Crippen molar-refractivity contribution >= 4 is 57.2 Å². The Bertz CT molecular complexity index is 759. The molecule has 0 aliphatic carbocycles. The van der Waals surface area contributed by atoms with Crippen LogP contribution in [-0.2, 0) is 4.79 Å². The molecule has 1 fully saturated rings. The zero-order valence-electron chi connectivity index (χ0n) is 13.3. The molecule has 0 atom stereocenters. The summed E-state index contributed by atoms with van der Waals surface area (Å²) in [6, 6.07) is 8.57. The van der Waals surface area contributed by atoms with Gasteiger partial charge in [0.05, 0.1) is 15.7 Å². The Morgan fingerprint density at radius 2 is 1.88 bits per heavy atom. The van der Waals surface area contributed by atoms with Crippen LogP contribution in [0.15, 0.2) is 35.7 Å². The lowest BCUT2D eigenvalue weighted by Crippen LogP contribution is -2.43. The van der Waals surface area contributed by atoms with Gasteiger partial charge in [0.15, 0.2) is 0 Å². The number of halogens is 2. The van der Waals surface area contributed by atoms with E-state index in [2.05, 4.69) is 10.6 Å². The van der Waals surface area contributed by atoms with E-state index < -0.39 is 0 Å². The fourth-order valence-electron chi connectivity index (χ4n) is 2.71. The summed E-state index contributed by atoms with van der Waals surface area (Å²) < 4.78 is 0. The Labute approximate surface area is 159 Å². The molecule has 2 N–H and O–H groups in total. The van der Waals surface area contributed by atoms with E-state index in [0.717, 1.165) is 5.00 Å². The first-order valence-corrected chi connectivity index (χ1v) is 9.52. The molecule has 1 aromatic carbocycles. The molecular weight excluding hydrogens is 381 g/mol. The van der Waals surface area contributed by atoms with Crippen molar-refractivity contribution < 1.29 is 9.59 Å². The van der Waals surface area contributed by atoms with Crippen molar-refractivity contribution in [3.8, 4) is 0 Å². The topological polar surface area (TPSA) is 61.4 Å². The van der Waals surface area contributed by atoms with Crippen LogP contribution in [0.25, 0.3) is 0 Å². The van der Waals surface area contributed by atoms with E-state index in [1.807, 2.05) is 17.5 Å². The maximum atomic E-state index is 12.4. The molecule has 25 heavy (non-hydrogen) atoms. The number of carbonyl (C=O) groups is 2. The molecule has 3 rings (SSSR count). The monoisotopic (exact) mass is 397 g/mol. The summed E-state index contributed by atoms with van der Waals surface area (Å²) in [5, 5.41) is 9.38. The van der Waals surface area contributed by atoms with Gasteiger partial charge in [-0.15, -0.1) is 11.3 Å². The summed E-state index contributed by atoms with van der Waals surface area (Å²) in [5.41, 5.74) is 0.511. The number of nitrogens with one attached hydrogen (secondary N) is 2. The van der Waals surface area contributed by atoms with Crippen LogP contribution < -0.4 is 10.6 Å². The molecule has 0 bridgehead atoms. The van der Waals surface area contributed by atoms with Crippen molar-refractivity contribution in [3.05, 3.63) is 45.8 Å². The van der Waals surface area contributed by atoms with Crippen LogP contribution in [-0.4, -0.2) is 29.9 Å². The lowest BCUT2D eigenvalue weighted by molar-refractivity contribution is -0.121. The number of benzene rings is 1. The Morgan fingerprint density at radius 1 is 1.12 bits per heavy atom. The quantitative estimate of drug-likeness (QED) is 0.770. The van der Waals surface area contributed by atoms with Gasteiger partial charge in [-0.1, -0.05) is 23.2 Å². The number of rotatable bonds is 3. The molecule has 0 spiro atoms. The highest BCUT2D eigenvalue weighted by molar-refractivity contribution is 7.14. The molecule has 3 amide bonds.